The van der Waals surface area contributed by atoms with Gasteiger partial charge >= 0.3 is 31.1 Å². The predicted molar refractivity (Wildman–Crippen MR) is 248 cm³/mol. The van der Waals surface area contributed by atoms with Crippen LogP contribution in [-0.4, -0.2) is 92.1 Å². The lowest BCUT2D eigenvalue weighted by Gasteiger charge is -2.21. The standard InChI is InChI=1S/C26H27N3O5.C17H11NO2.C5H13BN2O3/c1-26(2,3)34-25(32)28-17-22(24(31)33-4)29-23(30)20-13-9-18(10-14-20)7-5-6-8-19-11-15-21(27)16-12-19;18-16-11-7-14(8-12-16)4-2-1-3-13-5-9-15(10-6-13)17(19)20;1-6(10)8-3-4(7)5(9)11-2/h9-16,22H,17,27H2,1-4H3,(H,28,32)(H,29,30);5-12H,18H2,(H,19,20);4,8,10H,3,7H2,1-2H3/t22-;;4-/m0.0/s1. The minimum Gasteiger partial charge on any atom is -0.478 e. The molecule has 0 heterocycles. The zero-order valence-corrected chi connectivity index (χ0v) is 36.8. The fourth-order valence-electron chi connectivity index (χ4n) is 4.56. The van der Waals surface area contributed by atoms with Gasteiger partial charge in [-0.1, -0.05) is 23.7 Å². The van der Waals surface area contributed by atoms with Crippen LogP contribution < -0.4 is 33.1 Å². The lowest BCUT2D eigenvalue weighted by Crippen LogP contribution is -2.49. The van der Waals surface area contributed by atoms with Crippen molar-refractivity contribution in [2.24, 2.45) is 5.73 Å². The summed E-state index contributed by atoms with van der Waals surface area (Å²) in [5, 5.41) is 25.1. The van der Waals surface area contributed by atoms with Crippen LogP contribution >= 0.6 is 0 Å². The first kappa shape index (κ1) is 53.0. The maximum atomic E-state index is 12.6. The number of nitrogens with one attached hydrogen (secondary N) is 3. The number of carbonyl (C=O) groups is 5. The molecule has 4 aromatic carbocycles. The molecular formula is C48H51BN6O10. The molecule has 0 spiro atoms. The van der Waals surface area contributed by atoms with Crippen LogP contribution in [0.3, 0.4) is 0 Å². The number of carbonyl (C=O) groups excluding carboxylic acids is 4. The number of rotatable bonds is 10. The lowest BCUT2D eigenvalue weighted by molar-refractivity contribution is -0.143. The monoisotopic (exact) mass is 882 g/mol. The zero-order valence-electron chi connectivity index (χ0n) is 36.8. The molecule has 65 heavy (non-hydrogen) atoms. The Kier molecular flexibility index (Phi) is 22.6. The Morgan fingerprint density at radius 3 is 1.38 bits per heavy atom. The molecule has 0 radical (unpaired) electrons. The molecule has 2 amide bonds. The summed E-state index contributed by atoms with van der Waals surface area (Å²) in [7, 11) is 1.80. The first-order valence-corrected chi connectivity index (χ1v) is 19.6. The van der Waals surface area contributed by atoms with E-state index in [4.69, 9.17) is 36.8 Å². The number of nitrogen functional groups attached to an aromatic ring is 2. The average molecular weight is 883 g/mol. The SMILES string of the molecule is COC(=O)[C@@H](N)CNB(C)O.COC(=O)[C@H](CNC(=O)OC(C)(C)C)NC(=O)c1ccc(C#CC#Cc2ccc(N)cc2)cc1.Nc1ccc(C#CC#Cc2ccc(C(=O)O)cc2)cc1. The number of hydrogen-bond acceptors (Lipinski definition) is 13. The number of ether oxygens (including phenoxy) is 3. The summed E-state index contributed by atoms with van der Waals surface area (Å²) in [5.41, 5.74) is 20.8. The number of methoxy groups -OCH3 is 2. The Morgan fingerprint density at radius 2 is 1.03 bits per heavy atom. The first-order valence-electron chi connectivity index (χ1n) is 19.6. The second-order valence-corrected chi connectivity index (χ2v) is 14.3. The van der Waals surface area contributed by atoms with E-state index in [1.807, 2.05) is 24.3 Å². The van der Waals surface area contributed by atoms with E-state index in [9.17, 15) is 24.0 Å². The van der Waals surface area contributed by atoms with Crippen LogP contribution in [-0.2, 0) is 23.8 Å². The molecule has 0 saturated carbocycles. The normalized spacial score (nSPS) is 10.5. The van der Waals surface area contributed by atoms with E-state index in [2.05, 4.69) is 68.0 Å². The van der Waals surface area contributed by atoms with Crippen molar-refractivity contribution >= 4 is 48.3 Å². The van der Waals surface area contributed by atoms with Gasteiger partial charge in [0.2, 0.25) is 0 Å². The van der Waals surface area contributed by atoms with Crippen LogP contribution in [0.15, 0.2) is 97.1 Å². The fraction of sp³-hybridized carbons (Fsp3) is 0.229. The summed E-state index contributed by atoms with van der Waals surface area (Å²) in [6.07, 6.45) is -0.710. The van der Waals surface area contributed by atoms with E-state index in [0.717, 1.165) is 16.7 Å². The van der Waals surface area contributed by atoms with E-state index >= 15 is 0 Å². The van der Waals surface area contributed by atoms with Gasteiger partial charge in [-0.2, -0.15) is 0 Å². The van der Waals surface area contributed by atoms with Crippen LogP contribution in [0.2, 0.25) is 6.82 Å². The van der Waals surface area contributed by atoms with Crippen LogP contribution in [0.25, 0.3) is 0 Å². The fourth-order valence-corrected chi connectivity index (χ4v) is 4.56. The first-order chi connectivity index (χ1) is 30.8. The van der Waals surface area contributed by atoms with Crippen molar-refractivity contribution in [1.29, 1.82) is 0 Å². The quantitative estimate of drug-likeness (QED) is 0.0374. The highest BCUT2D eigenvalue weighted by molar-refractivity contribution is 6.45. The van der Waals surface area contributed by atoms with Gasteiger partial charge < -0.3 is 57.4 Å². The van der Waals surface area contributed by atoms with Crippen LogP contribution in [0.5, 0.6) is 0 Å². The van der Waals surface area contributed by atoms with Crippen molar-refractivity contribution < 1.29 is 48.3 Å². The van der Waals surface area contributed by atoms with Gasteiger partial charge in [0.25, 0.3) is 5.91 Å². The summed E-state index contributed by atoms with van der Waals surface area (Å²) >= 11 is 0. The van der Waals surface area contributed by atoms with Crippen molar-refractivity contribution in [3.8, 4) is 47.4 Å². The van der Waals surface area contributed by atoms with E-state index in [0.29, 0.717) is 22.5 Å². The minimum atomic E-state index is -1.09. The van der Waals surface area contributed by atoms with Crippen LogP contribution in [0.1, 0.15) is 63.7 Å². The molecule has 0 aromatic heterocycles. The highest BCUT2D eigenvalue weighted by atomic mass is 16.6. The van der Waals surface area contributed by atoms with Gasteiger partial charge in [0.05, 0.1) is 26.3 Å². The Morgan fingerprint density at radius 1 is 0.646 bits per heavy atom. The van der Waals surface area contributed by atoms with Gasteiger partial charge in [-0.25, -0.2) is 14.4 Å². The second kappa shape index (κ2) is 27.7. The van der Waals surface area contributed by atoms with Crippen molar-refractivity contribution in [2.45, 2.75) is 45.3 Å². The molecule has 0 aliphatic carbocycles. The average Bonchev–Trinajstić information content (AvgIpc) is 3.28. The van der Waals surface area contributed by atoms with Gasteiger partial charge in [0.15, 0.2) is 0 Å². The van der Waals surface area contributed by atoms with Crippen molar-refractivity contribution in [3.05, 3.63) is 130 Å². The molecule has 4 aromatic rings. The summed E-state index contributed by atoms with van der Waals surface area (Å²) in [5.74, 6) is 19.9. The maximum absolute atomic E-state index is 12.6. The second-order valence-electron chi connectivity index (χ2n) is 14.3. The van der Waals surface area contributed by atoms with Crippen LogP contribution in [0.4, 0.5) is 16.2 Å². The molecule has 0 saturated heterocycles. The van der Waals surface area contributed by atoms with Gasteiger partial charge in [0.1, 0.15) is 17.7 Å². The maximum Gasteiger partial charge on any atom is 0.407 e. The summed E-state index contributed by atoms with van der Waals surface area (Å²) < 4.78 is 14.2. The Hall–Kier alpha value is -8.19. The molecule has 17 heteroatoms. The van der Waals surface area contributed by atoms with E-state index in [-0.39, 0.29) is 18.7 Å². The molecule has 11 N–H and O–H groups in total. The molecule has 0 bridgehead atoms. The molecular weight excluding hydrogens is 831 g/mol. The largest absolute Gasteiger partial charge is 0.478 e. The summed E-state index contributed by atoms with van der Waals surface area (Å²) in [6.45, 7) is 6.71. The molecule has 0 unspecified atom stereocenters. The van der Waals surface area contributed by atoms with Crippen molar-refractivity contribution in [1.82, 2.24) is 15.9 Å². The van der Waals surface area contributed by atoms with Gasteiger partial charge in [-0.15, -0.1) is 0 Å². The molecule has 336 valence electrons. The highest BCUT2D eigenvalue weighted by Crippen LogP contribution is 2.08. The third-order valence-electron chi connectivity index (χ3n) is 7.83. The summed E-state index contributed by atoms with van der Waals surface area (Å²) in [6, 6.07) is 25.4. The van der Waals surface area contributed by atoms with E-state index < -0.39 is 54.6 Å². The molecule has 4 rings (SSSR count). The molecule has 16 nitrogen and oxygen atoms in total. The number of nitrogens with two attached hydrogens (primary N) is 3. The molecule has 0 aliphatic heterocycles. The Bertz CT molecular complexity index is 2480. The van der Waals surface area contributed by atoms with E-state index in [1.54, 1.807) is 88.3 Å². The third kappa shape index (κ3) is 22.5. The topological polar surface area (TPSA) is 268 Å². The van der Waals surface area contributed by atoms with Gasteiger partial charge in [0, 0.05) is 45.7 Å². The number of carboxylic acids is 1. The minimum absolute atomic E-state index is 0.191. The van der Waals surface area contributed by atoms with E-state index in [1.165, 1.54) is 26.4 Å². The van der Waals surface area contributed by atoms with Crippen molar-refractivity contribution in [3.63, 3.8) is 0 Å². The lowest BCUT2D eigenvalue weighted by atomic mass is 9.88. The number of alkyl carbamates (subject to hydrolysis) is 1. The Balaban J connectivity index is 0.000000392. The molecule has 2 atom stereocenters. The zero-order chi connectivity index (χ0) is 48.4. The van der Waals surface area contributed by atoms with Crippen molar-refractivity contribution in [2.75, 3.05) is 38.8 Å². The smallest absolute Gasteiger partial charge is 0.407 e. The number of anilines is 2. The number of hydrogen-bond donors (Lipinski definition) is 8. The molecule has 0 aliphatic rings. The number of amides is 2. The number of benzene rings is 4. The van der Waals surface area contributed by atoms with Crippen LogP contribution in [0, 0.1) is 47.4 Å². The summed E-state index contributed by atoms with van der Waals surface area (Å²) in [4.78, 5) is 57.8. The number of aromatic carboxylic acids is 1. The predicted octanol–water partition coefficient (Wildman–Crippen LogP) is 3.02. The van der Waals surface area contributed by atoms with Gasteiger partial charge in [-0.05, 0) is 148 Å². The van der Waals surface area contributed by atoms with Gasteiger partial charge in [-0.3, -0.25) is 9.59 Å². The Labute approximate surface area is 379 Å². The third-order valence-corrected chi connectivity index (χ3v) is 7.83. The number of carboxylic acid groups (broad SMARTS) is 1. The molecule has 0 fully saturated rings. The number of esters is 2. The highest BCUT2D eigenvalue weighted by Gasteiger charge is 2.24.